The molecular formula is C13H26N2O3. The van der Waals surface area contributed by atoms with Gasteiger partial charge in [0.05, 0.1) is 18.8 Å². The predicted octanol–water partition coefficient (Wildman–Crippen LogP) is 0.422. The monoisotopic (exact) mass is 258 g/mol. The Morgan fingerprint density at radius 2 is 2.06 bits per heavy atom. The van der Waals surface area contributed by atoms with Crippen LogP contribution in [-0.2, 0) is 9.53 Å². The maximum absolute atomic E-state index is 11.6. The number of hydrogen-bond donors (Lipinski definition) is 3. The molecule has 0 heterocycles. The van der Waals surface area contributed by atoms with Crippen molar-refractivity contribution in [3.8, 4) is 0 Å². The highest BCUT2D eigenvalue weighted by Gasteiger charge is 2.28. The summed E-state index contributed by atoms with van der Waals surface area (Å²) in [6, 6.07) is 0.0158. The number of nitrogens with one attached hydrogen (secondary N) is 2. The Balaban J connectivity index is 2.14. The first-order chi connectivity index (χ1) is 8.56. The lowest BCUT2D eigenvalue weighted by Crippen LogP contribution is -2.46. The van der Waals surface area contributed by atoms with Gasteiger partial charge in [0.1, 0.15) is 0 Å². The van der Waals surface area contributed by atoms with Crippen LogP contribution < -0.4 is 10.6 Å². The summed E-state index contributed by atoms with van der Waals surface area (Å²) in [4.78, 5) is 11.6. The lowest BCUT2D eigenvalue weighted by Gasteiger charge is -2.32. The minimum absolute atomic E-state index is 0.0158. The summed E-state index contributed by atoms with van der Waals surface area (Å²) in [5.41, 5.74) is -0.614. The van der Waals surface area contributed by atoms with Gasteiger partial charge in [-0.05, 0) is 19.8 Å². The zero-order valence-electron chi connectivity index (χ0n) is 11.5. The van der Waals surface area contributed by atoms with E-state index in [-0.39, 0.29) is 18.5 Å². The first-order valence-electron chi connectivity index (χ1n) is 6.77. The van der Waals surface area contributed by atoms with E-state index in [1.54, 1.807) is 7.11 Å². The molecule has 0 saturated heterocycles. The maximum Gasteiger partial charge on any atom is 0.234 e. The van der Waals surface area contributed by atoms with Crippen molar-refractivity contribution in [3.63, 3.8) is 0 Å². The van der Waals surface area contributed by atoms with Gasteiger partial charge in [0.15, 0.2) is 0 Å². The highest BCUT2D eigenvalue weighted by molar-refractivity contribution is 5.78. The van der Waals surface area contributed by atoms with Crippen LogP contribution in [0.15, 0.2) is 0 Å². The number of amides is 1. The minimum atomic E-state index is -0.614. The van der Waals surface area contributed by atoms with Gasteiger partial charge in [0, 0.05) is 19.7 Å². The molecule has 1 unspecified atom stereocenters. The molecule has 1 amide bonds. The molecule has 5 nitrogen and oxygen atoms in total. The maximum atomic E-state index is 11.6. The van der Waals surface area contributed by atoms with Crippen molar-refractivity contribution in [2.24, 2.45) is 0 Å². The molecule has 18 heavy (non-hydrogen) atoms. The Morgan fingerprint density at radius 1 is 1.39 bits per heavy atom. The van der Waals surface area contributed by atoms with Crippen molar-refractivity contribution in [2.75, 3.05) is 26.8 Å². The van der Waals surface area contributed by atoms with Gasteiger partial charge in [-0.3, -0.25) is 4.79 Å². The van der Waals surface area contributed by atoms with Gasteiger partial charge in [-0.25, -0.2) is 0 Å². The number of carbonyl (C=O) groups excluding carboxylic acids is 1. The van der Waals surface area contributed by atoms with Gasteiger partial charge in [-0.15, -0.1) is 0 Å². The second-order valence-corrected chi connectivity index (χ2v) is 5.31. The SMILES string of the molecule is COCC(C)NC(=O)CNCC1(O)CCCCC1. The first-order valence-corrected chi connectivity index (χ1v) is 6.77. The second kappa shape index (κ2) is 7.71. The van der Waals surface area contributed by atoms with Crippen LogP contribution in [0.4, 0.5) is 0 Å². The summed E-state index contributed by atoms with van der Waals surface area (Å²) in [5, 5.41) is 16.1. The minimum Gasteiger partial charge on any atom is -0.389 e. The summed E-state index contributed by atoms with van der Waals surface area (Å²) in [6.07, 6.45) is 5.03. The van der Waals surface area contributed by atoms with Crippen LogP contribution in [-0.4, -0.2) is 49.5 Å². The van der Waals surface area contributed by atoms with Gasteiger partial charge in [-0.2, -0.15) is 0 Å². The summed E-state index contributed by atoms with van der Waals surface area (Å²) >= 11 is 0. The molecule has 0 aromatic heterocycles. The number of ether oxygens (including phenoxy) is 1. The zero-order valence-corrected chi connectivity index (χ0v) is 11.5. The van der Waals surface area contributed by atoms with Gasteiger partial charge in [0.2, 0.25) is 5.91 Å². The van der Waals surface area contributed by atoms with Gasteiger partial charge >= 0.3 is 0 Å². The Bertz CT molecular complexity index is 253. The number of carbonyl (C=O) groups is 1. The normalized spacial score (nSPS) is 20.4. The highest BCUT2D eigenvalue weighted by atomic mass is 16.5. The molecule has 0 aromatic carbocycles. The van der Waals surface area contributed by atoms with E-state index in [0.29, 0.717) is 13.2 Å². The van der Waals surface area contributed by atoms with Crippen LogP contribution in [0.5, 0.6) is 0 Å². The molecule has 3 N–H and O–H groups in total. The Hall–Kier alpha value is -0.650. The number of aliphatic hydroxyl groups is 1. The third kappa shape index (κ3) is 5.80. The molecule has 0 radical (unpaired) electrons. The Morgan fingerprint density at radius 3 is 2.67 bits per heavy atom. The number of hydrogen-bond acceptors (Lipinski definition) is 4. The Kier molecular flexibility index (Phi) is 6.60. The van der Waals surface area contributed by atoms with Crippen molar-refractivity contribution < 1.29 is 14.6 Å². The van der Waals surface area contributed by atoms with Crippen LogP contribution in [0.2, 0.25) is 0 Å². The lowest BCUT2D eigenvalue weighted by molar-refractivity contribution is -0.121. The van der Waals surface area contributed by atoms with E-state index < -0.39 is 5.60 Å². The molecule has 1 aliphatic carbocycles. The van der Waals surface area contributed by atoms with Crippen LogP contribution in [0, 0.1) is 0 Å². The molecule has 5 heteroatoms. The molecular weight excluding hydrogens is 232 g/mol. The van der Waals surface area contributed by atoms with E-state index in [1.165, 1.54) is 6.42 Å². The smallest absolute Gasteiger partial charge is 0.234 e. The van der Waals surface area contributed by atoms with E-state index in [2.05, 4.69) is 10.6 Å². The van der Waals surface area contributed by atoms with E-state index in [1.807, 2.05) is 6.92 Å². The molecule has 0 bridgehead atoms. The van der Waals surface area contributed by atoms with Crippen LogP contribution in [0.25, 0.3) is 0 Å². The van der Waals surface area contributed by atoms with Crippen LogP contribution in [0.1, 0.15) is 39.0 Å². The fraction of sp³-hybridized carbons (Fsp3) is 0.923. The molecule has 1 rings (SSSR count). The van der Waals surface area contributed by atoms with Crippen molar-refractivity contribution in [2.45, 2.75) is 50.7 Å². The van der Waals surface area contributed by atoms with Gasteiger partial charge < -0.3 is 20.5 Å². The molecule has 1 atom stereocenters. The van der Waals surface area contributed by atoms with Crippen LogP contribution >= 0.6 is 0 Å². The quantitative estimate of drug-likeness (QED) is 0.619. The predicted molar refractivity (Wildman–Crippen MR) is 70.4 cm³/mol. The third-order valence-corrected chi connectivity index (χ3v) is 3.35. The van der Waals surface area contributed by atoms with E-state index >= 15 is 0 Å². The first kappa shape index (κ1) is 15.4. The highest BCUT2D eigenvalue weighted by Crippen LogP contribution is 2.27. The molecule has 0 aromatic rings. The van der Waals surface area contributed by atoms with E-state index in [0.717, 1.165) is 25.7 Å². The van der Waals surface area contributed by atoms with Gasteiger partial charge in [-0.1, -0.05) is 19.3 Å². The summed E-state index contributed by atoms with van der Waals surface area (Å²) in [6.45, 7) is 3.15. The molecule has 0 aliphatic heterocycles. The van der Waals surface area contributed by atoms with E-state index in [9.17, 15) is 9.90 Å². The fourth-order valence-electron chi connectivity index (χ4n) is 2.41. The molecule has 1 saturated carbocycles. The molecule has 106 valence electrons. The zero-order chi connectivity index (χ0) is 13.4. The van der Waals surface area contributed by atoms with Crippen LogP contribution in [0.3, 0.4) is 0 Å². The average molecular weight is 258 g/mol. The average Bonchev–Trinajstić information content (AvgIpc) is 2.29. The summed E-state index contributed by atoms with van der Waals surface area (Å²) < 4.78 is 4.95. The molecule has 0 spiro atoms. The number of methoxy groups -OCH3 is 1. The summed E-state index contributed by atoms with van der Waals surface area (Å²) in [7, 11) is 1.61. The van der Waals surface area contributed by atoms with E-state index in [4.69, 9.17) is 4.74 Å². The van der Waals surface area contributed by atoms with Crippen molar-refractivity contribution in [1.82, 2.24) is 10.6 Å². The third-order valence-electron chi connectivity index (χ3n) is 3.35. The fourth-order valence-corrected chi connectivity index (χ4v) is 2.41. The largest absolute Gasteiger partial charge is 0.389 e. The standard InChI is InChI=1S/C13H26N2O3/c1-11(9-18-2)15-12(16)8-14-10-13(17)6-4-3-5-7-13/h11,14,17H,3-10H2,1-2H3,(H,15,16). The van der Waals surface area contributed by atoms with Crippen molar-refractivity contribution in [1.29, 1.82) is 0 Å². The Labute approximate surface area is 109 Å². The topological polar surface area (TPSA) is 70.6 Å². The second-order valence-electron chi connectivity index (χ2n) is 5.31. The lowest BCUT2D eigenvalue weighted by atomic mass is 9.85. The van der Waals surface area contributed by atoms with Crippen molar-refractivity contribution in [3.05, 3.63) is 0 Å². The molecule has 1 aliphatic rings. The van der Waals surface area contributed by atoms with Crippen molar-refractivity contribution >= 4 is 5.91 Å². The molecule has 1 fully saturated rings. The van der Waals surface area contributed by atoms with Gasteiger partial charge in [0.25, 0.3) is 0 Å². The number of rotatable bonds is 7. The summed E-state index contributed by atoms with van der Waals surface area (Å²) in [5.74, 6) is -0.0565.